The monoisotopic (exact) mass is 408 g/mol. The Balaban J connectivity index is 1.71. The molecule has 4 aromatic rings. The number of hydrogen-bond acceptors (Lipinski definition) is 4. The van der Waals surface area contributed by atoms with Crippen molar-refractivity contribution in [3.63, 3.8) is 0 Å². The summed E-state index contributed by atoms with van der Waals surface area (Å²) < 4.78 is 3.94. The summed E-state index contributed by atoms with van der Waals surface area (Å²) >= 11 is 7.72. The number of para-hydroxylation sites is 1. The SMILES string of the molecule is Cc1nnsc1C(=O)N1CCc2c([nH]c3ccccc23)[C@@H]1c1ccccc1Cl. The van der Waals surface area contributed by atoms with E-state index in [1.807, 2.05) is 48.2 Å². The van der Waals surface area contributed by atoms with Crippen molar-refractivity contribution in [2.75, 3.05) is 6.54 Å². The molecule has 0 saturated carbocycles. The van der Waals surface area contributed by atoms with Gasteiger partial charge in [0.15, 0.2) is 0 Å². The third-order valence-electron chi connectivity index (χ3n) is 5.34. The van der Waals surface area contributed by atoms with E-state index in [0.29, 0.717) is 22.1 Å². The largest absolute Gasteiger partial charge is 0.356 e. The molecule has 5 nitrogen and oxygen atoms in total. The molecule has 0 fully saturated rings. The summed E-state index contributed by atoms with van der Waals surface area (Å²) in [5.74, 6) is -0.0540. The van der Waals surface area contributed by atoms with Crippen molar-refractivity contribution >= 4 is 39.9 Å². The molecule has 1 aliphatic rings. The number of nitrogens with one attached hydrogen (secondary N) is 1. The van der Waals surface area contributed by atoms with Crippen LogP contribution >= 0.6 is 23.1 Å². The van der Waals surface area contributed by atoms with Gasteiger partial charge in [0.1, 0.15) is 4.88 Å². The van der Waals surface area contributed by atoms with Crippen LogP contribution in [-0.2, 0) is 6.42 Å². The summed E-state index contributed by atoms with van der Waals surface area (Å²) in [7, 11) is 0. The number of aromatic amines is 1. The number of carbonyl (C=O) groups is 1. The highest BCUT2D eigenvalue weighted by Gasteiger charge is 2.37. The number of carbonyl (C=O) groups excluding carboxylic acids is 1. The molecule has 28 heavy (non-hydrogen) atoms. The number of halogens is 1. The molecule has 140 valence electrons. The zero-order chi connectivity index (χ0) is 19.3. The average Bonchev–Trinajstić information content (AvgIpc) is 3.30. The molecular formula is C21H17ClN4OS. The number of hydrogen-bond donors (Lipinski definition) is 1. The minimum absolute atomic E-state index is 0.0540. The van der Waals surface area contributed by atoms with Gasteiger partial charge < -0.3 is 9.88 Å². The van der Waals surface area contributed by atoms with Crippen LogP contribution in [0.1, 0.15) is 38.2 Å². The fourth-order valence-corrected chi connectivity index (χ4v) is 4.89. The number of aryl methyl sites for hydroxylation is 1. The van der Waals surface area contributed by atoms with Crippen LogP contribution in [-0.4, -0.2) is 31.9 Å². The van der Waals surface area contributed by atoms with Crippen LogP contribution in [0.15, 0.2) is 48.5 Å². The predicted molar refractivity (Wildman–Crippen MR) is 111 cm³/mol. The maximum atomic E-state index is 13.4. The number of H-pyrrole nitrogens is 1. The summed E-state index contributed by atoms with van der Waals surface area (Å²) in [5.41, 5.74) is 4.94. The molecule has 0 bridgehead atoms. The summed E-state index contributed by atoms with van der Waals surface area (Å²) in [4.78, 5) is 19.4. The first-order chi connectivity index (χ1) is 13.6. The van der Waals surface area contributed by atoms with Crippen molar-refractivity contribution in [2.24, 2.45) is 0 Å². The number of fused-ring (bicyclic) bond motifs is 3. The Morgan fingerprint density at radius 3 is 2.79 bits per heavy atom. The lowest BCUT2D eigenvalue weighted by Crippen LogP contribution is -2.40. The Kier molecular flexibility index (Phi) is 4.18. The predicted octanol–water partition coefficient (Wildman–Crippen LogP) is 4.77. The molecule has 0 unspecified atom stereocenters. The maximum Gasteiger partial charge on any atom is 0.268 e. The normalized spacial score (nSPS) is 16.4. The van der Waals surface area contributed by atoms with Gasteiger partial charge in [-0.25, -0.2) is 0 Å². The van der Waals surface area contributed by atoms with Crippen LogP contribution in [0, 0.1) is 6.92 Å². The van der Waals surface area contributed by atoms with Gasteiger partial charge in [-0.3, -0.25) is 4.79 Å². The number of nitrogens with zero attached hydrogens (tertiary/aromatic N) is 3. The number of aromatic nitrogens is 3. The van der Waals surface area contributed by atoms with E-state index in [1.54, 1.807) is 0 Å². The molecule has 2 aromatic carbocycles. The second-order valence-electron chi connectivity index (χ2n) is 6.92. The van der Waals surface area contributed by atoms with E-state index in [9.17, 15) is 4.79 Å². The zero-order valence-electron chi connectivity index (χ0n) is 15.1. The molecule has 2 aromatic heterocycles. The molecule has 0 saturated heterocycles. The van der Waals surface area contributed by atoms with Crippen LogP contribution in [0.3, 0.4) is 0 Å². The molecule has 1 aliphatic heterocycles. The average molecular weight is 409 g/mol. The van der Waals surface area contributed by atoms with E-state index in [2.05, 4.69) is 26.7 Å². The van der Waals surface area contributed by atoms with Gasteiger partial charge in [-0.1, -0.05) is 52.5 Å². The van der Waals surface area contributed by atoms with Crippen molar-refractivity contribution in [3.05, 3.63) is 80.9 Å². The molecular weight excluding hydrogens is 392 g/mol. The topological polar surface area (TPSA) is 61.9 Å². The molecule has 0 aliphatic carbocycles. The van der Waals surface area contributed by atoms with Gasteiger partial charge in [-0.15, -0.1) is 5.10 Å². The molecule has 1 N–H and O–H groups in total. The van der Waals surface area contributed by atoms with Crippen molar-refractivity contribution in [1.29, 1.82) is 0 Å². The Labute approximate surface area is 171 Å². The molecule has 3 heterocycles. The van der Waals surface area contributed by atoms with Crippen molar-refractivity contribution in [3.8, 4) is 0 Å². The second-order valence-corrected chi connectivity index (χ2v) is 8.08. The summed E-state index contributed by atoms with van der Waals surface area (Å²) in [6, 6.07) is 15.7. The summed E-state index contributed by atoms with van der Waals surface area (Å²) in [6.07, 6.45) is 0.789. The van der Waals surface area contributed by atoms with E-state index >= 15 is 0 Å². The highest BCUT2D eigenvalue weighted by molar-refractivity contribution is 7.07. The number of amides is 1. The molecule has 1 amide bonds. The quantitative estimate of drug-likeness (QED) is 0.519. The van der Waals surface area contributed by atoms with Crippen LogP contribution in [0.2, 0.25) is 5.02 Å². The summed E-state index contributed by atoms with van der Waals surface area (Å²) in [6.45, 7) is 2.43. The number of rotatable bonds is 2. The van der Waals surface area contributed by atoms with Crippen molar-refractivity contribution in [2.45, 2.75) is 19.4 Å². The third kappa shape index (κ3) is 2.64. The van der Waals surface area contributed by atoms with Crippen LogP contribution in [0.5, 0.6) is 0 Å². The van der Waals surface area contributed by atoms with Crippen LogP contribution in [0.25, 0.3) is 10.9 Å². The Morgan fingerprint density at radius 2 is 2.00 bits per heavy atom. The van der Waals surface area contributed by atoms with Gasteiger partial charge in [0.2, 0.25) is 0 Å². The Bertz CT molecular complexity index is 1200. The Hall–Kier alpha value is -2.70. The number of benzene rings is 2. The third-order valence-corrected chi connectivity index (χ3v) is 6.50. The standard InChI is InChI=1S/C21H17ClN4OS/c1-12-20(28-25-24-12)21(27)26-11-10-14-13-6-3-5-9-17(13)23-18(14)19(26)15-7-2-4-8-16(15)22/h2-9,19,23H,10-11H2,1H3/t19-/m0/s1. The molecule has 7 heteroatoms. The fraction of sp³-hybridized carbons (Fsp3) is 0.190. The highest BCUT2D eigenvalue weighted by Crippen LogP contribution is 2.41. The first-order valence-electron chi connectivity index (χ1n) is 9.09. The smallest absolute Gasteiger partial charge is 0.268 e. The first kappa shape index (κ1) is 17.4. The minimum Gasteiger partial charge on any atom is -0.356 e. The van der Waals surface area contributed by atoms with Crippen LogP contribution < -0.4 is 0 Å². The van der Waals surface area contributed by atoms with Gasteiger partial charge >= 0.3 is 0 Å². The highest BCUT2D eigenvalue weighted by atomic mass is 35.5. The van der Waals surface area contributed by atoms with Gasteiger partial charge in [0.25, 0.3) is 5.91 Å². The van der Waals surface area contributed by atoms with Crippen LogP contribution in [0.4, 0.5) is 0 Å². The fourth-order valence-electron chi connectivity index (χ4n) is 4.04. The molecule has 0 spiro atoms. The molecule has 1 atom stereocenters. The first-order valence-corrected chi connectivity index (χ1v) is 10.2. The lowest BCUT2D eigenvalue weighted by Gasteiger charge is -2.36. The van der Waals surface area contributed by atoms with Gasteiger partial charge in [-0.05, 0) is 48.1 Å². The van der Waals surface area contributed by atoms with E-state index in [1.165, 1.54) is 10.9 Å². The van der Waals surface area contributed by atoms with E-state index in [0.717, 1.165) is 34.7 Å². The van der Waals surface area contributed by atoms with Crippen molar-refractivity contribution < 1.29 is 4.79 Å². The molecule has 5 rings (SSSR count). The van der Waals surface area contributed by atoms with Gasteiger partial charge in [-0.2, -0.15) is 0 Å². The van der Waals surface area contributed by atoms with Crippen molar-refractivity contribution in [1.82, 2.24) is 19.5 Å². The second kappa shape index (κ2) is 6.72. The van der Waals surface area contributed by atoms with E-state index in [-0.39, 0.29) is 11.9 Å². The lowest BCUT2D eigenvalue weighted by atomic mass is 9.92. The van der Waals surface area contributed by atoms with Gasteiger partial charge in [0.05, 0.1) is 11.7 Å². The summed E-state index contributed by atoms with van der Waals surface area (Å²) in [5, 5.41) is 5.87. The zero-order valence-corrected chi connectivity index (χ0v) is 16.7. The maximum absolute atomic E-state index is 13.4. The Morgan fingerprint density at radius 1 is 1.21 bits per heavy atom. The molecule has 0 radical (unpaired) electrons. The van der Waals surface area contributed by atoms with Gasteiger partial charge in [0, 0.05) is 28.2 Å². The lowest BCUT2D eigenvalue weighted by molar-refractivity contribution is 0.0696. The van der Waals surface area contributed by atoms with E-state index in [4.69, 9.17) is 11.6 Å². The minimum atomic E-state index is -0.279. The van der Waals surface area contributed by atoms with E-state index < -0.39 is 0 Å².